The smallest absolute Gasteiger partial charge is 0.411 e. The third-order valence-electron chi connectivity index (χ3n) is 5.23. The molecule has 1 fully saturated rings. The molecule has 1 aliphatic heterocycles. The topological polar surface area (TPSA) is 146 Å². The van der Waals surface area contributed by atoms with E-state index in [1.165, 1.54) is 36.4 Å². The van der Waals surface area contributed by atoms with Crippen LogP contribution in [0.1, 0.15) is 17.2 Å². The fraction of sp³-hybridized carbons (Fsp3) is 0.167. The van der Waals surface area contributed by atoms with Gasteiger partial charge in [0, 0.05) is 22.8 Å². The van der Waals surface area contributed by atoms with Crippen molar-refractivity contribution in [3.63, 3.8) is 0 Å². The summed E-state index contributed by atoms with van der Waals surface area (Å²) in [6.07, 6.45) is -3.30. The van der Waals surface area contributed by atoms with Gasteiger partial charge in [0.25, 0.3) is 15.7 Å². The molecule has 0 spiro atoms. The summed E-state index contributed by atoms with van der Waals surface area (Å²) in [4.78, 5) is 22.7. The summed E-state index contributed by atoms with van der Waals surface area (Å²) in [6, 6.07) is 17.8. The summed E-state index contributed by atoms with van der Waals surface area (Å²) in [7, 11) is -4.17. The molecule has 0 aliphatic carbocycles. The monoisotopic (exact) mass is 545 g/mol. The van der Waals surface area contributed by atoms with E-state index in [1.807, 2.05) is 6.92 Å². The van der Waals surface area contributed by atoms with Crippen LogP contribution in [-0.4, -0.2) is 38.2 Å². The third kappa shape index (κ3) is 6.54. The van der Waals surface area contributed by atoms with Crippen molar-refractivity contribution in [3.05, 3.63) is 99.1 Å². The van der Waals surface area contributed by atoms with E-state index in [-0.39, 0.29) is 17.2 Å². The summed E-state index contributed by atoms with van der Waals surface area (Å²) in [5, 5.41) is 14.0. The zero-order valence-electron chi connectivity index (χ0n) is 19.2. The number of amides is 1. The van der Waals surface area contributed by atoms with Crippen LogP contribution in [0, 0.1) is 17.0 Å². The van der Waals surface area contributed by atoms with Crippen LogP contribution in [0.4, 0.5) is 16.2 Å². The SMILES string of the molecule is Cc1ccc(S(=O)(=O)N=C2OC(COC(=O)Nc3ccc(Cl)cc3)C(c3ccc([N+](=O)[O-])cc3)O2)cc1. The normalized spacial score (nSPS) is 18.1. The van der Waals surface area contributed by atoms with Crippen LogP contribution < -0.4 is 5.32 Å². The average molecular weight is 546 g/mol. The highest BCUT2D eigenvalue weighted by Gasteiger charge is 2.39. The van der Waals surface area contributed by atoms with Crippen LogP contribution in [0.3, 0.4) is 0 Å². The van der Waals surface area contributed by atoms with Crippen molar-refractivity contribution in [2.75, 3.05) is 11.9 Å². The number of hydrogen-bond acceptors (Lipinski definition) is 8. The van der Waals surface area contributed by atoms with Crippen molar-refractivity contribution in [1.82, 2.24) is 0 Å². The first-order valence-electron chi connectivity index (χ1n) is 10.8. The number of ether oxygens (including phenoxy) is 3. The molecule has 13 heteroatoms. The second-order valence-corrected chi connectivity index (χ2v) is 9.96. The number of sulfonamides is 1. The number of benzene rings is 3. The van der Waals surface area contributed by atoms with E-state index in [0.717, 1.165) is 5.56 Å². The number of non-ortho nitro benzene ring substituents is 1. The number of nitrogens with zero attached hydrogens (tertiary/aromatic N) is 2. The number of carbonyl (C=O) groups excluding carboxylic acids is 1. The third-order valence-corrected chi connectivity index (χ3v) is 6.74. The molecule has 0 radical (unpaired) electrons. The first-order chi connectivity index (χ1) is 17.6. The van der Waals surface area contributed by atoms with Gasteiger partial charge in [0.15, 0.2) is 12.2 Å². The molecule has 3 aromatic carbocycles. The van der Waals surface area contributed by atoms with E-state index in [4.69, 9.17) is 25.8 Å². The summed E-state index contributed by atoms with van der Waals surface area (Å²) < 4.78 is 45.6. The Labute approximate surface area is 216 Å². The minimum atomic E-state index is -4.17. The van der Waals surface area contributed by atoms with Crippen molar-refractivity contribution in [1.29, 1.82) is 0 Å². The van der Waals surface area contributed by atoms with Gasteiger partial charge in [0.1, 0.15) is 6.61 Å². The fourth-order valence-electron chi connectivity index (χ4n) is 3.34. The maximum Gasteiger partial charge on any atom is 0.411 e. The van der Waals surface area contributed by atoms with Gasteiger partial charge in [-0.3, -0.25) is 15.4 Å². The van der Waals surface area contributed by atoms with E-state index in [2.05, 4.69) is 9.71 Å². The maximum absolute atomic E-state index is 12.7. The molecule has 2 atom stereocenters. The lowest BCUT2D eigenvalue weighted by Gasteiger charge is -2.16. The minimum Gasteiger partial charge on any atom is -0.445 e. The Balaban J connectivity index is 1.53. The standard InChI is InChI=1S/C24H20ClN3O8S/c1-15-2-12-20(13-3-15)37(32,33)27-24-35-21(14-34-23(29)26-18-8-6-17(25)7-9-18)22(36-24)16-4-10-19(11-5-16)28(30)31/h2-13,21-22H,14H2,1H3,(H,26,29). The molecule has 1 saturated heterocycles. The molecule has 192 valence electrons. The van der Waals surface area contributed by atoms with E-state index in [0.29, 0.717) is 16.3 Å². The molecule has 1 aliphatic rings. The molecule has 11 nitrogen and oxygen atoms in total. The average Bonchev–Trinajstić information content (AvgIpc) is 3.26. The second kappa shape index (κ2) is 10.8. The van der Waals surface area contributed by atoms with E-state index >= 15 is 0 Å². The Morgan fingerprint density at radius 2 is 1.70 bits per heavy atom. The van der Waals surface area contributed by atoms with Gasteiger partial charge in [0.2, 0.25) is 0 Å². The number of carbonyl (C=O) groups is 1. The number of anilines is 1. The predicted octanol–water partition coefficient (Wildman–Crippen LogP) is 5.01. The Morgan fingerprint density at radius 3 is 2.32 bits per heavy atom. The van der Waals surface area contributed by atoms with Gasteiger partial charge in [-0.2, -0.15) is 8.42 Å². The first-order valence-corrected chi connectivity index (χ1v) is 12.6. The lowest BCUT2D eigenvalue weighted by atomic mass is 10.0. The van der Waals surface area contributed by atoms with Gasteiger partial charge >= 0.3 is 12.2 Å². The van der Waals surface area contributed by atoms with Crippen LogP contribution >= 0.6 is 11.6 Å². The van der Waals surface area contributed by atoms with Crippen LogP contribution in [-0.2, 0) is 24.2 Å². The van der Waals surface area contributed by atoms with E-state index in [1.54, 1.807) is 36.4 Å². The van der Waals surface area contributed by atoms with Gasteiger partial charge in [-0.25, -0.2) is 4.79 Å². The molecule has 2 unspecified atom stereocenters. The number of rotatable bonds is 7. The Hall–Kier alpha value is -4.16. The molecule has 1 N–H and O–H groups in total. The highest BCUT2D eigenvalue weighted by molar-refractivity contribution is 7.90. The molecule has 0 saturated carbocycles. The zero-order valence-corrected chi connectivity index (χ0v) is 20.8. The van der Waals surface area contributed by atoms with E-state index < -0.39 is 39.3 Å². The summed E-state index contributed by atoms with van der Waals surface area (Å²) in [6.45, 7) is 1.47. The molecule has 1 heterocycles. The zero-order chi connectivity index (χ0) is 26.6. The summed E-state index contributed by atoms with van der Waals surface area (Å²) in [5.41, 5.74) is 1.59. The number of hydrogen-bond donors (Lipinski definition) is 1. The molecule has 1 amide bonds. The van der Waals surface area contributed by atoms with Gasteiger partial charge in [-0.1, -0.05) is 33.7 Å². The molecule has 4 rings (SSSR count). The maximum atomic E-state index is 12.7. The van der Waals surface area contributed by atoms with Gasteiger partial charge in [-0.05, 0) is 61.0 Å². The molecule has 0 aromatic heterocycles. The van der Waals surface area contributed by atoms with Gasteiger partial charge < -0.3 is 14.2 Å². The van der Waals surface area contributed by atoms with Crippen molar-refractivity contribution in [2.45, 2.75) is 24.0 Å². The van der Waals surface area contributed by atoms with Crippen LogP contribution in [0.5, 0.6) is 0 Å². The molecular formula is C24H20ClN3O8S. The number of aryl methyl sites for hydroxylation is 1. The largest absolute Gasteiger partial charge is 0.445 e. The van der Waals surface area contributed by atoms with Gasteiger partial charge in [0.05, 0.1) is 9.82 Å². The van der Waals surface area contributed by atoms with Crippen LogP contribution in [0.15, 0.2) is 82.1 Å². The number of nitro benzene ring substituents is 1. The van der Waals surface area contributed by atoms with Gasteiger partial charge in [-0.15, -0.1) is 0 Å². The molecule has 3 aromatic rings. The minimum absolute atomic E-state index is 0.0632. The predicted molar refractivity (Wildman–Crippen MR) is 134 cm³/mol. The first kappa shape index (κ1) is 25.9. The highest BCUT2D eigenvalue weighted by Crippen LogP contribution is 2.32. The summed E-state index contributed by atoms with van der Waals surface area (Å²) in [5.74, 6) is 0. The van der Waals surface area contributed by atoms with E-state index in [9.17, 15) is 23.3 Å². The summed E-state index contributed by atoms with van der Waals surface area (Å²) >= 11 is 5.84. The van der Waals surface area contributed by atoms with Crippen molar-refractivity contribution >= 4 is 45.2 Å². The molecule has 0 bridgehead atoms. The fourth-order valence-corrected chi connectivity index (χ4v) is 4.34. The van der Waals surface area contributed by atoms with Crippen LogP contribution in [0.2, 0.25) is 5.02 Å². The molecular weight excluding hydrogens is 526 g/mol. The highest BCUT2D eigenvalue weighted by atomic mass is 35.5. The van der Waals surface area contributed by atoms with Crippen molar-refractivity contribution < 1.29 is 32.3 Å². The number of halogens is 1. The van der Waals surface area contributed by atoms with Crippen LogP contribution in [0.25, 0.3) is 0 Å². The quantitative estimate of drug-likeness (QED) is 0.322. The Morgan fingerprint density at radius 1 is 1.05 bits per heavy atom. The Bertz CT molecular complexity index is 1430. The lowest BCUT2D eigenvalue weighted by molar-refractivity contribution is -0.384. The molecule has 37 heavy (non-hydrogen) atoms. The Kier molecular flexibility index (Phi) is 7.60. The number of nitrogens with one attached hydrogen (secondary N) is 1. The second-order valence-electron chi connectivity index (χ2n) is 7.92. The van der Waals surface area contributed by atoms with Crippen molar-refractivity contribution in [2.24, 2.45) is 4.40 Å². The number of nitro groups is 1. The van der Waals surface area contributed by atoms with Crippen molar-refractivity contribution in [3.8, 4) is 0 Å². The lowest BCUT2D eigenvalue weighted by Crippen LogP contribution is -2.26.